The van der Waals surface area contributed by atoms with Crippen molar-refractivity contribution in [3.8, 4) is 5.69 Å². The number of carbonyl (C=O) groups excluding carboxylic acids is 1. The first-order chi connectivity index (χ1) is 10.3. The van der Waals surface area contributed by atoms with Crippen LogP contribution < -0.4 is 10.9 Å². The highest BCUT2D eigenvalue weighted by atomic mass is 35.5. The van der Waals surface area contributed by atoms with Gasteiger partial charge in [0.25, 0.3) is 5.56 Å². The van der Waals surface area contributed by atoms with Gasteiger partial charge in [-0.25, -0.2) is 4.68 Å². The standard InChI is InChI=1S/C15H15Cl2N3O2/c1-9-12(18-13(21)11-8-15(11,16)17)14(22)20(19(9)2)10-6-4-3-5-7-10/h3-7,11H,8H2,1-2H3,(H,18,21). The summed E-state index contributed by atoms with van der Waals surface area (Å²) in [4.78, 5) is 24.7. The van der Waals surface area contributed by atoms with Crippen molar-refractivity contribution in [1.29, 1.82) is 0 Å². The van der Waals surface area contributed by atoms with Crippen LogP contribution in [0.25, 0.3) is 5.69 Å². The van der Waals surface area contributed by atoms with Gasteiger partial charge in [0.05, 0.1) is 17.3 Å². The number of alkyl halides is 2. The van der Waals surface area contributed by atoms with E-state index in [9.17, 15) is 9.59 Å². The third kappa shape index (κ3) is 2.44. The number of nitrogens with zero attached hydrogens (tertiary/aromatic N) is 2. The molecule has 0 spiro atoms. The molecule has 2 aromatic rings. The Kier molecular flexibility index (Phi) is 3.57. The topological polar surface area (TPSA) is 56.0 Å². The van der Waals surface area contributed by atoms with Gasteiger partial charge in [-0.15, -0.1) is 23.2 Å². The number of amides is 1. The Labute approximate surface area is 137 Å². The van der Waals surface area contributed by atoms with E-state index in [2.05, 4.69) is 5.32 Å². The first-order valence-corrected chi connectivity index (χ1v) is 7.61. The number of anilines is 1. The highest BCUT2D eigenvalue weighted by molar-refractivity contribution is 6.52. The van der Waals surface area contributed by atoms with Gasteiger partial charge < -0.3 is 5.32 Å². The Hall–Kier alpha value is -1.72. The summed E-state index contributed by atoms with van der Waals surface area (Å²) in [5.74, 6) is -0.795. The lowest BCUT2D eigenvalue weighted by atomic mass is 10.3. The zero-order valence-electron chi connectivity index (χ0n) is 12.1. The van der Waals surface area contributed by atoms with E-state index < -0.39 is 10.3 Å². The molecule has 1 heterocycles. The zero-order valence-corrected chi connectivity index (χ0v) is 13.6. The van der Waals surface area contributed by atoms with Gasteiger partial charge >= 0.3 is 0 Å². The molecule has 7 heteroatoms. The molecule has 0 radical (unpaired) electrons. The van der Waals surface area contributed by atoms with Crippen molar-refractivity contribution in [2.45, 2.75) is 17.7 Å². The number of benzene rings is 1. The van der Waals surface area contributed by atoms with Crippen LogP contribution in [0.2, 0.25) is 0 Å². The Bertz CT molecular complexity index is 793. The lowest BCUT2D eigenvalue weighted by Crippen LogP contribution is -2.24. The number of hydrogen-bond acceptors (Lipinski definition) is 2. The van der Waals surface area contributed by atoms with E-state index in [4.69, 9.17) is 23.2 Å². The molecule has 1 atom stereocenters. The van der Waals surface area contributed by atoms with Gasteiger partial charge in [0.2, 0.25) is 5.91 Å². The summed E-state index contributed by atoms with van der Waals surface area (Å²) in [5, 5.41) is 2.67. The minimum absolute atomic E-state index is 0.257. The minimum Gasteiger partial charge on any atom is -0.320 e. The first-order valence-electron chi connectivity index (χ1n) is 6.85. The molecule has 1 unspecified atom stereocenters. The van der Waals surface area contributed by atoms with E-state index in [0.29, 0.717) is 12.1 Å². The molecule has 1 N–H and O–H groups in total. The molecule has 1 aliphatic rings. The minimum atomic E-state index is -1.01. The van der Waals surface area contributed by atoms with Gasteiger partial charge in [0.15, 0.2) is 0 Å². The molecule has 1 fully saturated rings. The summed E-state index contributed by atoms with van der Waals surface area (Å²) in [5.41, 5.74) is 1.37. The number of carbonyl (C=O) groups is 1. The SMILES string of the molecule is Cc1c(NC(=O)C2CC2(Cl)Cl)c(=O)n(-c2ccccc2)n1C. The van der Waals surface area contributed by atoms with Crippen LogP contribution in [-0.2, 0) is 11.8 Å². The van der Waals surface area contributed by atoms with E-state index in [1.54, 1.807) is 18.7 Å². The Morgan fingerprint density at radius 2 is 1.91 bits per heavy atom. The molecular weight excluding hydrogens is 325 g/mol. The van der Waals surface area contributed by atoms with Crippen LogP contribution in [-0.4, -0.2) is 19.6 Å². The fraction of sp³-hybridized carbons (Fsp3) is 0.333. The van der Waals surface area contributed by atoms with Crippen LogP contribution in [0.4, 0.5) is 5.69 Å². The average molecular weight is 340 g/mol. The molecular formula is C15H15Cl2N3O2. The van der Waals surface area contributed by atoms with Crippen LogP contribution in [0.1, 0.15) is 12.1 Å². The van der Waals surface area contributed by atoms with E-state index in [1.807, 2.05) is 30.3 Å². The van der Waals surface area contributed by atoms with Crippen LogP contribution in [0.15, 0.2) is 35.1 Å². The predicted molar refractivity (Wildman–Crippen MR) is 86.9 cm³/mol. The van der Waals surface area contributed by atoms with E-state index in [0.717, 1.165) is 5.69 Å². The van der Waals surface area contributed by atoms with Gasteiger partial charge in [-0.05, 0) is 25.5 Å². The number of para-hydroxylation sites is 1. The molecule has 5 nitrogen and oxygen atoms in total. The summed E-state index contributed by atoms with van der Waals surface area (Å²) < 4.78 is 2.20. The maximum Gasteiger partial charge on any atom is 0.295 e. The van der Waals surface area contributed by atoms with Crippen molar-refractivity contribution < 1.29 is 4.79 Å². The molecule has 0 aliphatic heterocycles. The first kappa shape index (κ1) is 15.2. The quantitative estimate of drug-likeness (QED) is 0.874. The molecule has 1 aromatic heterocycles. The van der Waals surface area contributed by atoms with Gasteiger partial charge in [0.1, 0.15) is 10.0 Å². The Balaban J connectivity index is 1.97. The Morgan fingerprint density at radius 1 is 1.32 bits per heavy atom. The molecule has 1 aliphatic carbocycles. The number of nitrogens with one attached hydrogen (secondary N) is 1. The highest BCUT2D eigenvalue weighted by Crippen LogP contribution is 2.53. The van der Waals surface area contributed by atoms with E-state index >= 15 is 0 Å². The van der Waals surface area contributed by atoms with E-state index in [1.165, 1.54) is 4.68 Å². The second kappa shape index (κ2) is 5.18. The summed E-state index contributed by atoms with van der Waals surface area (Å²) in [6.45, 7) is 1.78. The maximum absolute atomic E-state index is 12.6. The van der Waals surface area contributed by atoms with Crippen molar-refractivity contribution >= 4 is 34.8 Å². The molecule has 0 saturated heterocycles. The van der Waals surface area contributed by atoms with Crippen molar-refractivity contribution in [3.63, 3.8) is 0 Å². The predicted octanol–water partition coefficient (Wildman–Crippen LogP) is 2.62. The number of aromatic nitrogens is 2. The van der Waals surface area contributed by atoms with Crippen molar-refractivity contribution in [1.82, 2.24) is 9.36 Å². The van der Waals surface area contributed by atoms with Crippen LogP contribution in [0.3, 0.4) is 0 Å². The van der Waals surface area contributed by atoms with Gasteiger partial charge in [-0.2, -0.15) is 0 Å². The highest BCUT2D eigenvalue weighted by Gasteiger charge is 2.56. The van der Waals surface area contributed by atoms with E-state index in [-0.39, 0.29) is 17.2 Å². The van der Waals surface area contributed by atoms with Crippen LogP contribution >= 0.6 is 23.2 Å². The monoisotopic (exact) mass is 339 g/mol. The summed E-state index contributed by atoms with van der Waals surface area (Å²) >= 11 is 11.8. The van der Waals surface area contributed by atoms with Crippen molar-refractivity contribution in [2.75, 3.05) is 5.32 Å². The third-order valence-corrected chi connectivity index (χ3v) is 4.78. The second-order valence-corrected chi connectivity index (χ2v) is 6.99. The Morgan fingerprint density at radius 3 is 2.45 bits per heavy atom. The molecule has 0 bridgehead atoms. The molecule has 1 amide bonds. The fourth-order valence-corrected chi connectivity index (χ4v) is 2.93. The largest absolute Gasteiger partial charge is 0.320 e. The lowest BCUT2D eigenvalue weighted by molar-refractivity contribution is -0.117. The van der Waals surface area contributed by atoms with Crippen LogP contribution in [0, 0.1) is 12.8 Å². The molecule has 3 rings (SSSR count). The summed E-state index contributed by atoms with van der Waals surface area (Å²) in [6.07, 6.45) is 0.403. The smallest absolute Gasteiger partial charge is 0.295 e. The summed E-state index contributed by atoms with van der Waals surface area (Å²) in [7, 11) is 1.77. The van der Waals surface area contributed by atoms with Crippen molar-refractivity contribution in [2.24, 2.45) is 13.0 Å². The van der Waals surface area contributed by atoms with Crippen LogP contribution in [0.5, 0.6) is 0 Å². The number of rotatable bonds is 3. The molecule has 1 saturated carbocycles. The molecule has 116 valence electrons. The fourth-order valence-electron chi connectivity index (χ4n) is 2.42. The maximum atomic E-state index is 12.6. The third-order valence-electron chi connectivity index (χ3n) is 3.94. The molecule has 22 heavy (non-hydrogen) atoms. The number of hydrogen-bond donors (Lipinski definition) is 1. The van der Waals surface area contributed by atoms with Gasteiger partial charge in [-0.1, -0.05) is 18.2 Å². The van der Waals surface area contributed by atoms with Gasteiger partial charge in [-0.3, -0.25) is 14.3 Å². The van der Waals surface area contributed by atoms with Gasteiger partial charge in [0, 0.05) is 7.05 Å². The lowest BCUT2D eigenvalue weighted by Gasteiger charge is -2.07. The average Bonchev–Trinajstić information content (AvgIpc) is 3.07. The number of halogens is 2. The normalized spacial score (nSPS) is 19.0. The van der Waals surface area contributed by atoms with Crippen molar-refractivity contribution in [3.05, 3.63) is 46.4 Å². The summed E-state index contributed by atoms with van der Waals surface area (Å²) in [6, 6.07) is 9.23. The second-order valence-electron chi connectivity index (χ2n) is 5.44. The molecule has 1 aromatic carbocycles. The zero-order chi connectivity index (χ0) is 16.1.